The largest absolute Gasteiger partial charge is 0.417 e. The van der Waals surface area contributed by atoms with Gasteiger partial charge in [0.15, 0.2) is 0 Å². The average molecular weight is 414 g/mol. The molecular weight excluding hydrogens is 394 g/mol. The van der Waals surface area contributed by atoms with Crippen LogP contribution in [0, 0.1) is 0 Å². The molecule has 0 saturated heterocycles. The Hall–Kier alpha value is -2.48. The van der Waals surface area contributed by atoms with Gasteiger partial charge in [0.25, 0.3) is 0 Å². The Morgan fingerprint density at radius 2 is 1.66 bits per heavy atom. The second kappa shape index (κ2) is 7.40. The molecule has 0 spiro atoms. The summed E-state index contributed by atoms with van der Waals surface area (Å²) in [5, 5.41) is 0.281. The number of rotatable bonds is 4. The minimum atomic E-state index is -4.63. The van der Waals surface area contributed by atoms with Crippen LogP contribution in [0.3, 0.4) is 0 Å². The molecule has 2 N–H and O–H groups in total. The average Bonchev–Trinajstić information content (AvgIpc) is 3.04. The second-order valence-corrected chi connectivity index (χ2v) is 7.04. The molecular formula is C21H20F6N2. The van der Waals surface area contributed by atoms with Gasteiger partial charge in [-0.15, -0.1) is 0 Å². The fourth-order valence-electron chi connectivity index (χ4n) is 3.41. The highest BCUT2D eigenvalue weighted by molar-refractivity contribution is 5.89. The molecule has 0 aliphatic rings. The Bertz CT molecular complexity index is 1020. The van der Waals surface area contributed by atoms with E-state index >= 15 is 0 Å². The zero-order valence-corrected chi connectivity index (χ0v) is 15.8. The van der Waals surface area contributed by atoms with Crippen LogP contribution in [0.2, 0.25) is 0 Å². The monoisotopic (exact) mass is 414 g/mol. The Morgan fingerprint density at radius 1 is 1.00 bits per heavy atom. The van der Waals surface area contributed by atoms with Gasteiger partial charge in [-0.3, -0.25) is 0 Å². The number of halogens is 6. The van der Waals surface area contributed by atoms with Crippen LogP contribution in [0.5, 0.6) is 0 Å². The maximum absolute atomic E-state index is 13.4. The number of hydrogen-bond acceptors (Lipinski definition) is 1. The molecule has 0 saturated carbocycles. The smallest absolute Gasteiger partial charge is 0.344 e. The fraction of sp³-hybridized carbons (Fsp3) is 0.333. The van der Waals surface area contributed by atoms with Crippen molar-refractivity contribution in [3.8, 4) is 11.1 Å². The van der Waals surface area contributed by atoms with Gasteiger partial charge in [-0.05, 0) is 36.6 Å². The van der Waals surface area contributed by atoms with Gasteiger partial charge in [0.2, 0.25) is 0 Å². The molecule has 3 aromatic rings. The molecule has 3 rings (SSSR count). The number of aromatic nitrogens is 1. The molecule has 0 radical (unpaired) electrons. The predicted octanol–water partition coefficient (Wildman–Crippen LogP) is 6.86. The topological polar surface area (TPSA) is 30.9 Å². The van der Waals surface area contributed by atoms with Gasteiger partial charge in [0, 0.05) is 28.7 Å². The SMILES string of the molecule is CCC(C)n1cc([C@H](N)C(F)(F)F)c2ccc(-c3ccccc3C(F)(F)F)cc21. The molecule has 0 aliphatic carbocycles. The summed E-state index contributed by atoms with van der Waals surface area (Å²) in [6.07, 6.45) is -7.19. The normalized spacial score (nSPS) is 14.9. The number of hydrogen-bond donors (Lipinski definition) is 1. The van der Waals surface area contributed by atoms with Gasteiger partial charge in [-0.2, -0.15) is 26.3 Å². The minimum absolute atomic E-state index is 0.0273. The van der Waals surface area contributed by atoms with Crippen molar-refractivity contribution in [1.82, 2.24) is 4.57 Å². The third-order valence-electron chi connectivity index (χ3n) is 5.16. The standard InChI is InChI=1S/C21H20F6N2/c1-3-12(2)29-11-16(19(28)21(25,26)27)15-9-8-13(10-18(15)29)14-6-4-5-7-17(14)20(22,23)24/h4-12,19H,3,28H2,1-2H3/t12?,19-/m0/s1. The van der Waals surface area contributed by atoms with Crippen LogP contribution in [-0.4, -0.2) is 10.7 Å². The van der Waals surface area contributed by atoms with Crippen molar-refractivity contribution in [3.63, 3.8) is 0 Å². The fourth-order valence-corrected chi connectivity index (χ4v) is 3.41. The summed E-state index contributed by atoms with van der Waals surface area (Å²) in [7, 11) is 0. The lowest BCUT2D eigenvalue weighted by Gasteiger charge is -2.15. The Morgan fingerprint density at radius 3 is 2.24 bits per heavy atom. The highest BCUT2D eigenvalue weighted by Crippen LogP contribution is 2.41. The summed E-state index contributed by atoms with van der Waals surface area (Å²) in [5.74, 6) is 0. The molecule has 1 unspecified atom stereocenters. The molecule has 2 atom stereocenters. The number of fused-ring (bicyclic) bond motifs is 1. The van der Waals surface area contributed by atoms with E-state index in [4.69, 9.17) is 5.73 Å². The van der Waals surface area contributed by atoms with E-state index in [1.165, 1.54) is 42.6 Å². The molecule has 0 fully saturated rings. The highest BCUT2D eigenvalue weighted by Gasteiger charge is 2.40. The maximum atomic E-state index is 13.4. The third kappa shape index (κ3) is 3.99. The lowest BCUT2D eigenvalue weighted by molar-refractivity contribution is -0.149. The van der Waals surface area contributed by atoms with Crippen molar-refractivity contribution < 1.29 is 26.3 Å². The lowest BCUT2D eigenvalue weighted by atomic mass is 9.97. The number of benzene rings is 2. The molecule has 29 heavy (non-hydrogen) atoms. The summed E-state index contributed by atoms with van der Waals surface area (Å²) >= 11 is 0. The summed E-state index contributed by atoms with van der Waals surface area (Å²) < 4.78 is 81.5. The quantitative estimate of drug-likeness (QED) is 0.465. The molecule has 2 aromatic carbocycles. The van der Waals surface area contributed by atoms with Gasteiger partial charge in [-0.1, -0.05) is 37.3 Å². The maximum Gasteiger partial charge on any atom is 0.417 e. The third-order valence-corrected chi connectivity index (χ3v) is 5.16. The first-order valence-electron chi connectivity index (χ1n) is 9.08. The van der Waals surface area contributed by atoms with Gasteiger partial charge >= 0.3 is 12.4 Å². The van der Waals surface area contributed by atoms with Crippen LogP contribution in [0.25, 0.3) is 22.0 Å². The molecule has 8 heteroatoms. The lowest BCUT2D eigenvalue weighted by Crippen LogP contribution is -2.28. The van der Waals surface area contributed by atoms with Gasteiger partial charge in [0.1, 0.15) is 6.04 Å². The van der Waals surface area contributed by atoms with Crippen LogP contribution in [0.15, 0.2) is 48.7 Å². The zero-order chi connectivity index (χ0) is 21.6. The first-order valence-corrected chi connectivity index (χ1v) is 9.08. The van der Waals surface area contributed by atoms with E-state index in [2.05, 4.69) is 0 Å². The van der Waals surface area contributed by atoms with Crippen molar-refractivity contribution >= 4 is 10.9 Å². The summed E-state index contributed by atoms with van der Waals surface area (Å²) in [4.78, 5) is 0. The Balaban J connectivity index is 2.26. The van der Waals surface area contributed by atoms with E-state index in [1.54, 1.807) is 4.57 Å². The van der Waals surface area contributed by atoms with Crippen LogP contribution >= 0.6 is 0 Å². The number of alkyl halides is 6. The van der Waals surface area contributed by atoms with Crippen molar-refractivity contribution in [1.29, 1.82) is 0 Å². The van der Waals surface area contributed by atoms with Crippen LogP contribution in [0.1, 0.15) is 43.5 Å². The van der Waals surface area contributed by atoms with Gasteiger partial charge in [-0.25, -0.2) is 0 Å². The van der Waals surface area contributed by atoms with E-state index in [0.717, 1.165) is 6.07 Å². The van der Waals surface area contributed by atoms with E-state index in [1.807, 2.05) is 13.8 Å². The Labute approximate surface area is 163 Å². The van der Waals surface area contributed by atoms with Crippen molar-refractivity contribution in [2.24, 2.45) is 5.73 Å². The van der Waals surface area contributed by atoms with Crippen LogP contribution in [-0.2, 0) is 6.18 Å². The summed E-state index contributed by atoms with van der Waals surface area (Å²) in [6.45, 7) is 3.71. The van der Waals surface area contributed by atoms with Crippen molar-refractivity contribution in [3.05, 3.63) is 59.8 Å². The van der Waals surface area contributed by atoms with Crippen molar-refractivity contribution in [2.75, 3.05) is 0 Å². The molecule has 0 amide bonds. The number of nitrogens with two attached hydrogens (primary N) is 1. The van der Waals surface area contributed by atoms with E-state index < -0.39 is 24.0 Å². The highest BCUT2D eigenvalue weighted by atomic mass is 19.4. The zero-order valence-electron chi connectivity index (χ0n) is 15.8. The molecule has 156 valence electrons. The van der Waals surface area contributed by atoms with Gasteiger partial charge < -0.3 is 10.3 Å². The first-order chi connectivity index (χ1) is 13.4. The molecule has 1 aromatic heterocycles. The summed E-state index contributed by atoms with van der Waals surface area (Å²) in [6, 6.07) is 7.11. The van der Waals surface area contributed by atoms with Gasteiger partial charge in [0.05, 0.1) is 5.56 Å². The second-order valence-electron chi connectivity index (χ2n) is 7.04. The van der Waals surface area contributed by atoms with Crippen LogP contribution < -0.4 is 5.73 Å². The minimum Gasteiger partial charge on any atom is -0.344 e. The Kier molecular flexibility index (Phi) is 5.42. The van der Waals surface area contributed by atoms with E-state index in [-0.39, 0.29) is 28.1 Å². The summed E-state index contributed by atoms with van der Waals surface area (Å²) in [5.41, 5.74) is 5.21. The molecule has 0 aliphatic heterocycles. The molecule has 1 heterocycles. The molecule has 0 bridgehead atoms. The van der Waals surface area contributed by atoms with Crippen molar-refractivity contribution in [2.45, 2.75) is 44.7 Å². The first kappa shape index (κ1) is 21.2. The number of nitrogens with zero attached hydrogens (tertiary/aromatic N) is 1. The van der Waals surface area contributed by atoms with Crippen LogP contribution in [0.4, 0.5) is 26.3 Å². The van der Waals surface area contributed by atoms with E-state index in [9.17, 15) is 26.3 Å². The predicted molar refractivity (Wildman–Crippen MR) is 100 cm³/mol. The molecule has 2 nitrogen and oxygen atoms in total. The van der Waals surface area contributed by atoms with E-state index in [0.29, 0.717) is 11.9 Å².